The monoisotopic (exact) mass is 236 g/mol. The number of nitrogens with zero attached hydrogens (tertiary/aromatic N) is 1. The van der Waals surface area contributed by atoms with Gasteiger partial charge in [-0.3, -0.25) is 4.79 Å². The average molecular weight is 236 g/mol. The van der Waals surface area contributed by atoms with Gasteiger partial charge >= 0.3 is 0 Å². The van der Waals surface area contributed by atoms with Crippen molar-refractivity contribution in [2.75, 3.05) is 27.2 Å². The van der Waals surface area contributed by atoms with Crippen LogP contribution in [0.15, 0.2) is 18.2 Å². The third kappa shape index (κ3) is 4.44. The number of aromatic hydroxyl groups is 1. The van der Waals surface area contributed by atoms with Gasteiger partial charge < -0.3 is 15.3 Å². The molecule has 94 valence electrons. The van der Waals surface area contributed by atoms with E-state index in [-0.39, 0.29) is 11.7 Å². The SMILES string of the molecule is Cc1ccc(C(=O)NCCCN(C)C)c(O)c1. The van der Waals surface area contributed by atoms with E-state index >= 15 is 0 Å². The van der Waals surface area contributed by atoms with E-state index in [0.717, 1.165) is 18.5 Å². The zero-order chi connectivity index (χ0) is 12.8. The third-order valence-corrected chi connectivity index (χ3v) is 2.47. The maximum absolute atomic E-state index is 11.7. The molecule has 0 aliphatic carbocycles. The van der Waals surface area contributed by atoms with Crippen LogP contribution in [0.25, 0.3) is 0 Å². The van der Waals surface area contributed by atoms with Crippen LogP contribution in [-0.2, 0) is 0 Å². The minimum Gasteiger partial charge on any atom is -0.507 e. The molecular weight excluding hydrogens is 216 g/mol. The molecule has 0 saturated heterocycles. The molecule has 1 aromatic rings. The molecule has 0 saturated carbocycles. The highest BCUT2D eigenvalue weighted by Gasteiger charge is 2.09. The van der Waals surface area contributed by atoms with Gasteiger partial charge in [-0.05, 0) is 51.7 Å². The summed E-state index contributed by atoms with van der Waals surface area (Å²) < 4.78 is 0. The molecule has 17 heavy (non-hydrogen) atoms. The number of aryl methyl sites for hydroxylation is 1. The predicted octanol–water partition coefficient (Wildman–Crippen LogP) is 1.38. The van der Waals surface area contributed by atoms with E-state index in [1.54, 1.807) is 12.1 Å². The molecule has 2 N–H and O–H groups in total. The van der Waals surface area contributed by atoms with Crippen molar-refractivity contribution in [3.63, 3.8) is 0 Å². The topological polar surface area (TPSA) is 52.6 Å². The van der Waals surface area contributed by atoms with Crippen LogP contribution in [0.2, 0.25) is 0 Å². The number of hydrogen-bond donors (Lipinski definition) is 2. The number of phenols is 1. The quantitative estimate of drug-likeness (QED) is 0.759. The molecule has 0 aliphatic heterocycles. The summed E-state index contributed by atoms with van der Waals surface area (Å²) in [6.45, 7) is 3.42. The van der Waals surface area contributed by atoms with Crippen molar-refractivity contribution in [1.82, 2.24) is 10.2 Å². The van der Waals surface area contributed by atoms with Crippen molar-refractivity contribution in [3.8, 4) is 5.75 Å². The molecule has 0 radical (unpaired) electrons. The number of carbonyl (C=O) groups excluding carboxylic acids is 1. The Labute approximate surface area is 102 Å². The highest BCUT2D eigenvalue weighted by molar-refractivity contribution is 5.96. The second-order valence-corrected chi connectivity index (χ2v) is 4.43. The number of phenolic OH excluding ortho intramolecular Hbond substituents is 1. The van der Waals surface area contributed by atoms with Crippen LogP contribution in [0.1, 0.15) is 22.3 Å². The normalized spacial score (nSPS) is 10.6. The summed E-state index contributed by atoms with van der Waals surface area (Å²) in [5.41, 5.74) is 1.27. The van der Waals surface area contributed by atoms with Gasteiger partial charge in [-0.25, -0.2) is 0 Å². The first-order valence-electron chi connectivity index (χ1n) is 5.73. The summed E-state index contributed by atoms with van der Waals surface area (Å²) in [4.78, 5) is 13.8. The molecule has 1 aromatic carbocycles. The second-order valence-electron chi connectivity index (χ2n) is 4.43. The molecule has 0 heterocycles. The summed E-state index contributed by atoms with van der Waals surface area (Å²) in [5, 5.41) is 12.4. The van der Waals surface area contributed by atoms with Crippen LogP contribution >= 0.6 is 0 Å². The molecule has 1 rings (SSSR count). The first-order valence-corrected chi connectivity index (χ1v) is 5.73. The Morgan fingerprint density at radius 3 is 2.71 bits per heavy atom. The molecule has 0 bridgehead atoms. The largest absolute Gasteiger partial charge is 0.507 e. The van der Waals surface area contributed by atoms with Crippen molar-refractivity contribution in [2.24, 2.45) is 0 Å². The molecule has 4 nitrogen and oxygen atoms in total. The lowest BCUT2D eigenvalue weighted by Crippen LogP contribution is -2.27. The van der Waals surface area contributed by atoms with Crippen LogP contribution in [0.4, 0.5) is 0 Å². The fraction of sp³-hybridized carbons (Fsp3) is 0.462. The Kier molecular flexibility index (Phi) is 4.97. The molecular formula is C13H20N2O2. The molecule has 4 heteroatoms. The minimum absolute atomic E-state index is 0.0371. The summed E-state index contributed by atoms with van der Waals surface area (Å²) in [7, 11) is 3.99. The summed E-state index contributed by atoms with van der Waals surface area (Å²) >= 11 is 0. The van der Waals surface area contributed by atoms with Crippen molar-refractivity contribution in [1.29, 1.82) is 0 Å². The average Bonchev–Trinajstić information content (AvgIpc) is 2.23. The van der Waals surface area contributed by atoms with Gasteiger partial charge in [-0.1, -0.05) is 6.07 Å². The van der Waals surface area contributed by atoms with E-state index < -0.39 is 0 Å². The van der Waals surface area contributed by atoms with Crippen molar-refractivity contribution in [3.05, 3.63) is 29.3 Å². The predicted molar refractivity (Wildman–Crippen MR) is 68.3 cm³/mol. The maximum Gasteiger partial charge on any atom is 0.255 e. The highest BCUT2D eigenvalue weighted by atomic mass is 16.3. The Morgan fingerprint density at radius 1 is 1.41 bits per heavy atom. The van der Waals surface area contributed by atoms with Gasteiger partial charge in [0.1, 0.15) is 5.75 Å². The van der Waals surface area contributed by atoms with E-state index in [4.69, 9.17) is 0 Å². The van der Waals surface area contributed by atoms with E-state index in [2.05, 4.69) is 10.2 Å². The Hall–Kier alpha value is -1.55. The van der Waals surface area contributed by atoms with Crippen LogP contribution < -0.4 is 5.32 Å². The lowest BCUT2D eigenvalue weighted by Gasteiger charge is -2.10. The number of rotatable bonds is 5. The lowest BCUT2D eigenvalue weighted by molar-refractivity contribution is 0.0949. The Balaban J connectivity index is 2.47. The number of benzene rings is 1. The van der Waals surface area contributed by atoms with E-state index in [0.29, 0.717) is 12.1 Å². The zero-order valence-electron chi connectivity index (χ0n) is 10.7. The minimum atomic E-state index is -0.221. The van der Waals surface area contributed by atoms with Crippen LogP contribution in [0.3, 0.4) is 0 Å². The second kappa shape index (κ2) is 6.25. The number of carbonyl (C=O) groups is 1. The summed E-state index contributed by atoms with van der Waals surface area (Å²) in [6.07, 6.45) is 0.894. The van der Waals surface area contributed by atoms with Gasteiger partial charge in [0.05, 0.1) is 5.56 Å². The van der Waals surface area contributed by atoms with Gasteiger partial charge in [-0.15, -0.1) is 0 Å². The number of hydrogen-bond acceptors (Lipinski definition) is 3. The summed E-state index contributed by atoms with van der Waals surface area (Å²) in [6, 6.07) is 5.05. The van der Waals surface area contributed by atoms with Gasteiger partial charge in [0, 0.05) is 6.54 Å². The molecule has 0 aliphatic rings. The summed E-state index contributed by atoms with van der Waals surface area (Å²) in [5.74, 6) is -0.184. The van der Waals surface area contributed by atoms with Crippen LogP contribution in [-0.4, -0.2) is 43.1 Å². The fourth-order valence-electron chi connectivity index (χ4n) is 1.53. The molecule has 0 spiro atoms. The van der Waals surface area contributed by atoms with Gasteiger partial charge in [0.15, 0.2) is 0 Å². The van der Waals surface area contributed by atoms with Crippen molar-refractivity contribution in [2.45, 2.75) is 13.3 Å². The third-order valence-electron chi connectivity index (χ3n) is 2.47. The molecule has 0 unspecified atom stereocenters. The van der Waals surface area contributed by atoms with Crippen LogP contribution in [0, 0.1) is 6.92 Å². The Bertz CT molecular complexity index is 389. The van der Waals surface area contributed by atoms with E-state index in [9.17, 15) is 9.90 Å². The van der Waals surface area contributed by atoms with Crippen LogP contribution in [0.5, 0.6) is 5.75 Å². The highest BCUT2D eigenvalue weighted by Crippen LogP contribution is 2.17. The number of nitrogens with one attached hydrogen (secondary N) is 1. The first-order chi connectivity index (χ1) is 8.00. The van der Waals surface area contributed by atoms with Gasteiger partial charge in [0.2, 0.25) is 0 Å². The molecule has 0 atom stereocenters. The fourth-order valence-corrected chi connectivity index (χ4v) is 1.53. The molecule has 1 amide bonds. The van der Waals surface area contributed by atoms with Gasteiger partial charge in [-0.2, -0.15) is 0 Å². The van der Waals surface area contributed by atoms with Crippen molar-refractivity contribution >= 4 is 5.91 Å². The zero-order valence-corrected chi connectivity index (χ0v) is 10.7. The number of amides is 1. The lowest BCUT2D eigenvalue weighted by atomic mass is 10.1. The molecule has 0 fully saturated rings. The smallest absolute Gasteiger partial charge is 0.255 e. The Morgan fingerprint density at radius 2 is 2.12 bits per heavy atom. The molecule has 0 aromatic heterocycles. The van der Waals surface area contributed by atoms with Crippen molar-refractivity contribution < 1.29 is 9.90 Å². The first kappa shape index (κ1) is 13.5. The van der Waals surface area contributed by atoms with Gasteiger partial charge in [0.25, 0.3) is 5.91 Å². The van der Waals surface area contributed by atoms with E-state index in [1.807, 2.05) is 27.1 Å². The standard InChI is InChI=1S/C13H20N2O2/c1-10-5-6-11(12(16)9-10)13(17)14-7-4-8-15(2)3/h5-6,9,16H,4,7-8H2,1-3H3,(H,14,17). The maximum atomic E-state index is 11.7. The van der Waals surface area contributed by atoms with E-state index in [1.165, 1.54) is 0 Å².